The molecule has 5 nitrogen and oxygen atoms in total. The van der Waals surface area contributed by atoms with Gasteiger partial charge in [0, 0.05) is 23.8 Å². The molecule has 162 valence electrons. The van der Waals surface area contributed by atoms with Gasteiger partial charge in [0.25, 0.3) is 11.5 Å². The standard InChI is InChI=1S/C25H28ClN3O2/c1-4-18-9-11-19(12-10-18)23(28(2)3)15-27-25(31)21-13-14-24(30)29(17-21)16-20-7-5-6-8-22(20)26/h5-14,17,23H,4,15-16H2,1-3H3,(H,27,31)/t23-/m1/s1. The molecule has 0 saturated carbocycles. The first kappa shape index (κ1) is 22.8. The van der Waals surface area contributed by atoms with Crippen molar-refractivity contribution in [3.05, 3.63) is 104 Å². The van der Waals surface area contributed by atoms with Crippen molar-refractivity contribution in [1.82, 2.24) is 14.8 Å². The first-order chi connectivity index (χ1) is 14.9. The third-order valence-corrected chi connectivity index (χ3v) is 5.76. The molecular weight excluding hydrogens is 410 g/mol. The fourth-order valence-electron chi connectivity index (χ4n) is 3.46. The van der Waals surface area contributed by atoms with Crippen LogP contribution < -0.4 is 10.9 Å². The van der Waals surface area contributed by atoms with Crippen LogP contribution in [-0.4, -0.2) is 36.0 Å². The van der Waals surface area contributed by atoms with Gasteiger partial charge in [0.1, 0.15) is 0 Å². The molecule has 0 spiro atoms. The smallest absolute Gasteiger partial charge is 0.252 e. The van der Waals surface area contributed by atoms with Crippen molar-refractivity contribution < 1.29 is 4.79 Å². The molecule has 3 rings (SSSR count). The zero-order valence-corrected chi connectivity index (χ0v) is 18.9. The molecule has 0 aliphatic rings. The van der Waals surface area contributed by atoms with E-state index in [1.54, 1.807) is 18.3 Å². The van der Waals surface area contributed by atoms with E-state index in [1.165, 1.54) is 16.2 Å². The average Bonchev–Trinajstić information content (AvgIpc) is 2.77. The first-order valence-corrected chi connectivity index (χ1v) is 10.7. The molecule has 31 heavy (non-hydrogen) atoms. The summed E-state index contributed by atoms with van der Waals surface area (Å²) in [5.41, 5.74) is 3.51. The van der Waals surface area contributed by atoms with Gasteiger partial charge in [-0.2, -0.15) is 0 Å². The molecule has 1 N–H and O–H groups in total. The van der Waals surface area contributed by atoms with E-state index in [1.807, 2.05) is 32.3 Å². The van der Waals surface area contributed by atoms with Crippen molar-refractivity contribution in [3.8, 4) is 0 Å². The molecule has 0 saturated heterocycles. The fourth-order valence-corrected chi connectivity index (χ4v) is 3.66. The maximum atomic E-state index is 12.8. The highest BCUT2D eigenvalue weighted by molar-refractivity contribution is 6.31. The topological polar surface area (TPSA) is 54.3 Å². The minimum atomic E-state index is -0.218. The molecule has 1 amide bonds. The molecule has 3 aromatic rings. The van der Waals surface area contributed by atoms with Gasteiger partial charge in [-0.25, -0.2) is 0 Å². The number of carbonyl (C=O) groups is 1. The normalized spacial score (nSPS) is 12.0. The second-order valence-corrected chi connectivity index (χ2v) is 8.17. The third kappa shape index (κ3) is 5.84. The van der Waals surface area contributed by atoms with Gasteiger partial charge >= 0.3 is 0 Å². The quantitative estimate of drug-likeness (QED) is 0.576. The predicted octanol–water partition coefficient (Wildman–Crippen LogP) is 4.15. The second-order valence-electron chi connectivity index (χ2n) is 7.76. The number of aromatic nitrogens is 1. The largest absolute Gasteiger partial charge is 0.350 e. The number of aryl methyl sites for hydroxylation is 1. The summed E-state index contributed by atoms with van der Waals surface area (Å²) in [6.45, 7) is 2.90. The summed E-state index contributed by atoms with van der Waals surface area (Å²) >= 11 is 6.22. The number of likely N-dealkylation sites (N-methyl/N-ethyl adjacent to an activating group) is 1. The van der Waals surface area contributed by atoms with E-state index in [4.69, 9.17) is 11.6 Å². The minimum Gasteiger partial charge on any atom is -0.350 e. The van der Waals surface area contributed by atoms with Crippen molar-refractivity contribution in [2.24, 2.45) is 0 Å². The van der Waals surface area contributed by atoms with Crippen LogP contribution in [0.15, 0.2) is 71.7 Å². The number of pyridine rings is 1. The highest BCUT2D eigenvalue weighted by Crippen LogP contribution is 2.19. The lowest BCUT2D eigenvalue weighted by Gasteiger charge is -2.25. The van der Waals surface area contributed by atoms with Crippen molar-refractivity contribution in [2.75, 3.05) is 20.6 Å². The third-order valence-electron chi connectivity index (χ3n) is 5.40. The van der Waals surface area contributed by atoms with Crippen molar-refractivity contribution in [1.29, 1.82) is 0 Å². The van der Waals surface area contributed by atoms with Crippen LogP contribution in [0.2, 0.25) is 5.02 Å². The molecule has 1 aromatic heterocycles. The van der Waals surface area contributed by atoms with Gasteiger partial charge < -0.3 is 14.8 Å². The summed E-state index contributed by atoms with van der Waals surface area (Å²) in [5, 5.41) is 3.60. The van der Waals surface area contributed by atoms with E-state index in [-0.39, 0.29) is 17.5 Å². The Morgan fingerprint density at radius 1 is 1.06 bits per heavy atom. The van der Waals surface area contributed by atoms with Crippen LogP contribution in [0.1, 0.15) is 40.0 Å². The molecule has 2 aromatic carbocycles. The van der Waals surface area contributed by atoms with Gasteiger partial charge in [-0.15, -0.1) is 0 Å². The zero-order valence-electron chi connectivity index (χ0n) is 18.1. The van der Waals surface area contributed by atoms with Crippen LogP contribution in [0, 0.1) is 0 Å². The first-order valence-electron chi connectivity index (χ1n) is 10.4. The van der Waals surface area contributed by atoms with Crippen molar-refractivity contribution in [3.63, 3.8) is 0 Å². The number of nitrogens with one attached hydrogen (secondary N) is 1. The molecule has 1 atom stereocenters. The number of nitrogens with zero attached hydrogens (tertiary/aromatic N) is 2. The molecule has 0 fully saturated rings. The summed E-state index contributed by atoms with van der Waals surface area (Å²) in [5.74, 6) is -0.218. The van der Waals surface area contributed by atoms with Crippen LogP contribution in [0.5, 0.6) is 0 Å². The number of benzene rings is 2. The van der Waals surface area contributed by atoms with Crippen LogP contribution in [0.4, 0.5) is 0 Å². The fraction of sp³-hybridized carbons (Fsp3) is 0.280. The molecule has 0 radical (unpaired) electrons. The summed E-state index contributed by atoms with van der Waals surface area (Å²) in [4.78, 5) is 27.2. The predicted molar refractivity (Wildman–Crippen MR) is 126 cm³/mol. The van der Waals surface area contributed by atoms with Gasteiger partial charge in [0.05, 0.1) is 18.2 Å². The highest BCUT2D eigenvalue weighted by atomic mass is 35.5. The second kappa shape index (κ2) is 10.4. The molecule has 0 bridgehead atoms. The van der Waals surface area contributed by atoms with Gasteiger partial charge in [0.15, 0.2) is 0 Å². The Labute approximate surface area is 188 Å². The Morgan fingerprint density at radius 2 is 1.77 bits per heavy atom. The Morgan fingerprint density at radius 3 is 2.42 bits per heavy atom. The zero-order chi connectivity index (χ0) is 22.4. The minimum absolute atomic E-state index is 0.0453. The van der Waals surface area contributed by atoms with Crippen LogP contribution >= 0.6 is 11.6 Å². The molecule has 0 aliphatic heterocycles. The number of halogens is 1. The van der Waals surface area contributed by atoms with Gasteiger partial charge in [-0.05, 0) is 49.3 Å². The lowest BCUT2D eigenvalue weighted by molar-refractivity contribution is 0.0941. The number of amides is 1. The van der Waals surface area contributed by atoms with E-state index in [0.29, 0.717) is 23.7 Å². The van der Waals surface area contributed by atoms with E-state index >= 15 is 0 Å². The monoisotopic (exact) mass is 437 g/mol. The Hall–Kier alpha value is -2.89. The molecule has 6 heteroatoms. The number of hydrogen-bond donors (Lipinski definition) is 1. The Bertz CT molecular complexity index is 1090. The van der Waals surface area contributed by atoms with E-state index in [2.05, 4.69) is 41.4 Å². The van der Waals surface area contributed by atoms with Crippen LogP contribution in [0.3, 0.4) is 0 Å². The molecule has 0 unspecified atom stereocenters. The lowest BCUT2D eigenvalue weighted by atomic mass is 10.0. The summed E-state index contributed by atoms with van der Waals surface area (Å²) in [6, 6.07) is 18.9. The molecule has 1 heterocycles. The average molecular weight is 438 g/mol. The maximum absolute atomic E-state index is 12.8. The highest BCUT2D eigenvalue weighted by Gasteiger charge is 2.16. The molecular formula is C25H28ClN3O2. The summed E-state index contributed by atoms with van der Waals surface area (Å²) in [7, 11) is 3.99. The van der Waals surface area contributed by atoms with Crippen molar-refractivity contribution >= 4 is 17.5 Å². The Balaban J connectivity index is 1.73. The summed E-state index contributed by atoms with van der Waals surface area (Å²) in [6.07, 6.45) is 2.58. The number of carbonyl (C=O) groups excluding carboxylic acids is 1. The van der Waals surface area contributed by atoms with E-state index < -0.39 is 0 Å². The van der Waals surface area contributed by atoms with Crippen LogP contribution in [0.25, 0.3) is 0 Å². The van der Waals surface area contributed by atoms with E-state index in [9.17, 15) is 9.59 Å². The lowest BCUT2D eigenvalue weighted by Crippen LogP contribution is -2.35. The van der Waals surface area contributed by atoms with Crippen LogP contribution in [-0.2, 0) is 13.0 Å². The maximum Gasteiger partial charge on any atom is 0.252 e. The number of rotatable bonds is 8. The van der Waals surface area contributed by atoms with Gasteiger partial charge in [0.2, 0.25) is 0 Å². The Kier molecular flexibility index (Phi) is 7.66. The summed E-state index contributed by atoms with van der Waals surface area (Å²) < 4.78 is 1.50. The SMILES string of the molecule is CCc1ccc([C@@H](CNC(=O)c2ccc(=O)n(Cc3ccccc3Cl)c2)N(C)C)cc1. The van der Waals surface area contributed by atoms with Gasteiger partial charge in [-0.3, -0.25) is 9.59 Å². The molecule has 0 aliphatic carbocycles. The van der Waals surface area contributed by atoms with Gasteiger partial charge in [-0.1, -0.05) is 61.0 Å². The van der Waals surface area contributed by atoms with Crippen molar-refractivity contribution in [2.45, 2.75) is 25.9 Å². The van der Waals surface area contributed by atoms with E-state index in [0.717, 1.165) is 17.5 Å². The number of hydrogen-bond acceptors (Lipinski definition) is 3.